The number of halogens is 3. The smallest absolute Gasteiger partial charge is 0.416 e. The van der Waals surface area contributed by atoms with E-state index < -0.39 is 23.7 Å². The van der Waals surface area contributed by atoms with Crippen molar-refractivity contribution in [3.05, 3.63) is 41.5 Å². The zero-order valence-electron chi connectivity index (χ0n) is 15.6. The average Bonchev–Trinajstić information content (AvgIpc) is 2.44. The van der Waals surface area contributed by atoms with Gasteiger partial charge >= 0.3 is 6.18 Å². The van der Waals surface area contributed by atoms with Crippen LogP contribution < -0.4 is 0 Å². The first-order valence-electron chi connectivity index (χ1n) is 7.71. The van der Waals surface area contributed by atoms with E-state index in [9.17, 15) is 13.2 Å². The van der Waals surface area contributed by atoms with Gasteiger partial charge in [0.2, 0.25) is 0 Å². The van der Waals surface area contributed by atoms with Gasteiger partial charge in [-0.25, -0.2) is 0 Å². The molecule has 0 fully saturated rings. The van der Waals surface area contributed by atoms with Gasteiger partial charge in [0.1, 0.15) is 5.76 Å². The topological polar surface area (TPSA) is 83.8 Å². The van der Waals surface area contributed by atoms with Gasteiger partial charge in [0, 0.05) is 39.8 Å². The van der Waals surface area contributed by atoms with E-state index in [-0.39, 0.29) is 26.0 Å². The minimum atomic E-state index is -4.31. The maximum atomic E-state index is 12.6. The normalized spacial score (nSPS) is 9.44. The van der Waals surface area contributed by atoms with Crippen LogP contribution in [0.15, 0.2) is 24.8 Å². The van der Waals surface area contributed by atoms with E-state index in [4.69, 9.17) is 24.5 Å². The molecule has 0 unspecified atom stereocenters. The summed E-state index contributed by atoms with van der Waals surface area (Å²) in [5.41, 5.74) is 0.157. The Bertz CT molecular complexity index is 581. The molecule has 158 valence electrons. The fraction of sp³-hybridized carbons (Fsp3) is 0.444. The monoisotopic (exact) mass is 484 g/mol. The summed E-state index contributed by atoms with van der Waals surface area (Å²) < 4.78 is 43.1. The largest absolute Gasteiger partial charge is 0.494 e. The number of carboxylic acid groups (broad SMARTS) is 2. The number of rotatable bonds is 5. The summed E-state index contributed by atoms with van der Waals surface area (Å²) in [6.45, 7) is 9.90. The first kappa shape index (κ1) is 29.9. The fourth-order valence-electron chi connectivity index (χ4n) is 1.58. The van der Waals surface area contributed by atoms with Crippen molar-refractivity contribution in [1.29, 1.82) is 0 Å². The summed E-state index contributed by atoms with van der Waals surface area (Å²) in [5, 5.41) is 14.8. The van der Waals surface area contributed by atoms with Crippen LogP contribution >= 0.6 is 0 Å². The Kier molecular flexibility index (Phi) is 16.9. The molecule has 0 saturated carbocycles. The summed E-state index contributed by atoms with van der Waals surface area (Å²) in [6, 6.07) is 3.92. The van der Waals surface area contributed by atoms with Crippen LogP contribution in [0.3, 0.4) is 0 Å². The Morgan fingerprint density at radius 2 is 1.59 bits per heavy atom. The van der Waals surface area contributed by atoms with Crippen molar-refractivity contribution < 1.29 is 58.1 Å². The van der Waals surface area contributed by atoms with E-state index in [1.54, 1.807) is 0 Å². The maximum Gasteiger partial charge on any atom is 0.416 e. The molecule has 1 rings (SSSR count). The van der Waals surface area contributed by atoms with Crippen LogP contribution in [-0.2, 0) is 40.9 Å². The number of alkyl halides is 3. The van der Waals surface area contributed by atoms with Crippen LogP contribution in [0, 0.1) is 6.92 Å². The van der Waals surface area contributed by atoms with Crippen molar-refractivity contribution >= 4 is 17.7 Å². The van der Waals surface area contributed by atoms with Gasteiger partial charge in [0.15, 0.2) is 0 Å². The maximum absolute atomic E-state index is 12.6. The van der Waals surface area contributed by atoms with Crippen molar-refractivity contribution in [3.8, 4) is 0 Å². The molecule has 1 aromatic carbocycles. The molecule has 5 nitrogen and oxygen atoms in total. The van der Waals surface area contributed by atoms with E-state index in [2.05, 4.69) is 6.58 Å². The van der Waals surface area contributed by atoms with Crippen molar-refractivity contribution in [3.63, 3.8) is 0 Å². The Morgan fingerprint density at radius 1 is 1.15 bits per heavy atom. The van der Waals surface area contributed by atoms with E-state index in [0.717, 1.165) is 32.8 Å². The van der Waals surface area contributed by atoms with Crippen LogP contribution in [0.2, 0.25) is 0 Å². The molecule has 0 heterocycles. The van der Waals surface area contributed by atoms with Crippen LogP contribution in [0.1, 0.15) is 50.3 Å². The first-order chi connectivity index (χ1) is 11.8. The van der Waals surface area contributed by atoms with Gasteiger partial charge in [0.05, 0.1) is 12.2 Å². The van der Waals surface area contributed by atoms with Gasteiger partial charge in [-0.2, -0.15) is 13.2 Å². The number of aryl methyl sites for hydroxylation is 1. The van der Waals surface area contributed by atoms with E-state index in [1.165, 1.54) is 19.1 Å². The first-order valence-corrected chi connectivity index (χ1v) is 7.71. The number of hydrogen-bond donors (Lipinski definition) is 2. The van der Waals surface area contributed by atoms with Gasteiger partial charge in [0.25, 0.3) is 11.9 Å². The minimum Gasteiger partial charge on any atom is -0.494 e. The van der Waals surface area contributed by atoms with Crippen molar-refractivity contribution in [2.45, 2.75) is 46.7 Å². The molecule has 0 radical (unpaired) electrons. The second-order valence-corrected chi connectivity index (χ2v) is 5.19. The number of aliphatic carboxylic acids is 2. The molecular weight excluding hydrogens is 460 g/mol. The molecule has 0 bridgehead atoms. The molecule has 2 N–H and O–H groups in total. The standard InChI is InChI=1S/C14H17F3O.2C2H4O2.Pd/c1-4-5-8-18-11(3)12-6-7-13(10(2)9-12)14(15,16)17;2*1-2(3)4;/h6-7,9H,3-5,8H2,1-2H3;2*1H3,(H,3,4);. The summed E-state index contributed by atoms with van der Waals surface area (Å²) in [4.78, 5) is 18.0. The summed E-state index contributed by atoms with van der Waals surface area (Å²) in [7, 11) is 0. The van der Waals surface area contributed by atoms with Crippen LogP contribution in [-0.4, -0.2) is 28.8 Å². The number of carbonyl (C=O) groups is 2. The van der Waals surface area contributed by atoms with Gasteiger partial charge in [-0.05, 0) is 31.0 Å². The predicted octanol–water partition coefficient (Wildman–Crippen LogP) is 4.98. The van der Waals surface area contributed by atoms with Crippen LogP contribution in [0.4, 0.5) is 13.2 Å². The van der Waals surface area contributed by atoms with Crippen molar-refractivity contribution in [2.24, 2.45) is 0 Å². The van der Waals surface area contributed by atoms with Crippen LogP contribution in [0.25, 0.3) is 5.76 Å². The van der Waals surface area contributed by atoms with Crippen molar-refractivity contribution in [2.75, 3.05) is 6.61 Å². The van der Waals surface area contributed by atoms with Gasteiger partial charge in [-0.3, -0.25) is 9.59 Å². The number of ether oxygens (including phenoxy) is 1. The van der Waals surface area contributed by atoms with Crippen LogP contribution in [0.5, 0.6) is 0 Å². The second kappa shape index (κ2) is 15.2. The Morgan fingerprint density at radius 3 is 1.93 bits per heavy atom. The summed E-state index contributed by atoms with van der Waals surface area (Å²) in [6.07, 6.45) is -2.41. The van der Waals surface area contributed by atoms with E-state index >= 15 is 0 Å². The number of hydrogen-bond acceptors (Lipinski definition) is 3. The molecule has 0 aliphatic carbocycles. The number of carboxylic acids is 2. The number of benzene rings is 1. The molecule has 0 amide bonds. The van der Waals surface area contributed by atoms with Crippen molar-refractivity contribution in [1.82, 2.24) is 0 Å². The molecule has 1 aromatic rings. The SMILES string of the molecule is C=C(OCCCC)c1ccc(C(F)(F)F)c(C)c1.CC(=O)O.CC(=O)O.[Pd]. The summed E-state index contributed by atoms with van der Waals surface area (Å²) >= 11 is 0. The third kappa shape index (κ3) is 17.3. The fourth-order valence-corrected chi connectivity index (χ4v) is 1.58. The predicted molar refractivity (Wildman–Crippen MR) is 92.7 cm³/mol. The van der Waals surface area contributed by atoms with Gasteiger partial charge in [-0.15, -0.1) is 0 Å². The Labute approximate surface area is 170 Å². The zero-order valence-corrected chi connectivity index (χ0v) is 17.2. The minimum absolute atomic E-state index is 0. The molecule has 0 aliphatic heterocycles. The van der Waals surface area contributed by atoms with Gasteiger partial charge < -0.3 is 14.9 Å². The summed E-state index contributed by atoms with van der Waals surface area (Å²) in [5.74, 6) is -1.25. The molecule has 0 atom stereocenters. The Hall–Kier alpha value is -1.85. The third-order valence-corrected chi connectivity index (χ3v) is 2.63. The van der Waals surface area contributed by atoms with Gasteiger partial charge in [-0.1, -0.05) is 26.0 Å². The molecule has 0 spiro atoms. The zero-order chi connectivity index (χ0) is 20.9. The van der Waals surface area contributed by atoms with E-state index in [0.29, 0.717) is 17.9 Å². The quantitative estimate of drug-likeness (QED) is 0.350. The molecule has 0 aliphatic rings. The Balaban J connectivity index is -0.000000543. The molecule has 0 aromatic heterocycles. The van der Waals surface area contributed by atoms with E-state index in [1.807, 2.05) is 6.92 Å². The molecule has 27 heavy (non-hydrogen) atoms. The number of unbranched alkanes of at least 4 members (excludes halogenated alkanes) is 1. The second-order valence-electron chi connectivity index (χ2n) is 5.19. The molecule has 0 saturated heterocycles. The molecule has 9 heteroatoms. The average molecular weight is 485 g/mol. The third-order valence-electron chi connectivity index (χ3n) is 2.63. The molecular formula is C18H25F3O5Pd.